The molecule has 0 aliphatic carbocycles. The third kappa shape index (κ3) is 4.83. The molecule has 1 aliphatic rings. The summed E-state index contributed by atoms with van der Waals surface area (Å²) in [6, 6.07) is 9.54. The number of likely N-dealkylation sites (tertiary alicyclic amines) is 1. The molecule has 0 saturated carbocycles. The lowest BCUT2D eigenvalue weighted by Crippen LogP contribution is -2.30. The van der Waals surface area contributed by atoms with Crippen molar-refractivity contribution in [2.45, 2.75) is 25.9 Å². The van der Waals surface area contributed by atoms with Crippen LogP contribution < -0.4 is 5.32 Å². The lowest BCUT2D eigenvalue weighted by atomic mass is 10.2. The van der Waals surface area contributed by atoms with Crippen LogP contribution in [0.3, 0.4) is 0 Å². The molecular formula is C18H20BrN3O2S. The van der Waals surface area contributed by atoms with Gasteiger partial charge in [0.1, 0.15) is 0 Å². The number of benzene rings is 1. The number of rotatable bonds is 5. The van der Waals surface area contributed by atoms with E-state index in [1.54, 1.807) is 23.3 Å². The summed E-state index contributed by atoms with van der Waals surface area (Å²) < 4.78 is 1.04. The first kappa shape index (κ1) is 17.9. The van der Waals surface area contributed by atoms with Crippen LogP contribution in [0.2, 0.25) is 0 Å². The number of hydrogen-bond donors (Lipinski definition) is 1. The summed E-state index contributed by atoms with van der Waals surface area (Å²) in [6.07, 6.45) is 1.60. The molecule has 132 valence electrons. The third-order valence-electron chi connectivity index (χ3n) is 4.11. The highest BCUT2D eigenvalue weighted by molar-refractivity contribution is 9.10. The van der Waals surface area contributed by atoms with E-state index in [9.17, 15) is 9.59 Å². The summed E-state index contributed by atoms with van der Waals surface area (Å²) in [5, 5.41) is 4.90. The van der Waals surface area contributed by atoms with Crippen LogP contribution in [0.25, 0.3) is 0 Å². The van der Waals surface area contributed by atoms with Crippen molar-refractivity contribution in [2.24, 2.45) is 0 Å². The molecule has 1 fully saturated rings. The van der Waals surface area contributed by atoms with E-state index in [-0.39, 0.29) is 11.9 Å². The van der Waals surface area contributed by atoms with Gasteiger partial charge in [-0.15, -0.1) is 11.3 Å². The Kier molecular flexibility index (Phi) is 5.75. The zero-order valence-corrected chi connectivity index (χ0v) is 16.4. The van der Waals surface area contributed by atoms with Crippen molar-refractivity contribution < 1.29 is 9.59 Å². The number of hydrogen-bond acceptors (Lipinski definition) is 3. The smallest absolute Gasteiger partial charge is 0.321 e. The van der Waals surface area contributed by atoms with E-state index in [1.165, 1.54) is 0 Å². The number of anilines is 1. The zero-order valence-electron chi connectivity index (χ0n) is 14.0. The van der Waals surface area contributed by atoms with Crippen LogP contribution >= 0.6 is 27.3 Å². The van der Waals surface area contributed by atoms with Crippen LogP contribution in [-0.2, 0) is 17.9 Å². The zero-order chi connectivity index (χ0) is 17.8. The van der Waals surface area contributed by atoms with Gasteiger partial charge in [-0.05, 0) is 46.1 Å². The van der Waals surface area contributed by atoms with E-state index in [0.29, 0.717) is 19.5 Å². The van der Waals surface area contributed by atoms with Crippen molar-refractivity contribution >= 4 is 44.9 Å². The summed E-state index contributed by atoms with van der Waals surface area (Å²) in [5.74, 6) is 0.221. The minimum Gasteiger partial charge on any atom is -0.338 e. The molecule has 2 heterocycles. The van der Waals surface area contributed by atoms with Crippen LogP contribution in [0.5, 0.6) is 0 Å². The van der Waals surface area contributed by atoms with Crippen molar-refractivity contribution in [3.63, 3.8) is 0 Å². The average Bonchev–Trinajstić information content (AvgIpc) is 3.18. The van der Waals surface area contributed by atoms with Crippen molar-refractivity contribution in [1.82, 2.24) is 9.80 Å². The Morgan fingerprint density at radius 3 is 2.72 bits per heavy atom. The van der Waals surface area contributed by atoms with Crippen molar-refractivity contribution in [3.8, 4) is 0 Å². The molecule has 2 aromatic rings. The summed E-state index contributed by atoms with van der Waals surface area (Å²) in [5.41, 5.74) is 1.82. The fraction of sp³-hybridized carbons (Fsp3) is 0.333. The molecular weight excluding hydrogens is 402 g/mol. The maximum Gasteiger partial charge on any atom is 0.321 e. The second-order valence-corrected chi connectivity index (χ2v) is 8.04. The van der Waals surface area contributed by atoms with Gasteiger partial charge in [0.15, 0.2) is 0 Å². The van der Waals surface area contributed by atoms with E-state index in [4.69, 9.17) is 0 Å². The van der Waals surface area contributed by atoms with Gasteiger partial charge in [0.2, 0.25) is 5.91 Å². The van der Waals surface area contributed by atoms with Gasteiger partial charge in [0.25, 0.3) is 0 Å². The molecule has 0 radical (unpaired) electrons. The van der Waals surface area contributed by atoms with Gasteiger partial charge in [0, 0.05) is 47.0 Å². The highest BCUT2D eigenvalue weighted by atomic mass is 79.9. The summed E-state index contributed by atoms with van der Waals surface area (Å²) in [4.78, 5) is 28.6. The Morgan fingerprint density at radius 1 is 1.36 bits per heavy atom. The summed E-state index contributed by atoms with van der Waals surface area (Å²) in [6.45, 7) is 2.04. The third-order valence-corrected chi connectivity index (χ3v) is 5.79. The van der Waals surface area contributed by atoms with E-state index in [1.807, 2.05) is 40.6 Å². The first-order chi connectivity index (χ1) is 12.0. The lowest BCUT2D eigenvalue weighted by Gasteiger charge is -2.18. The number of nitrogens with zero attached hydrogens (tertiary/aromatic N) is 2. The van der Waals surface area contributed by atoms with Crippen LogP contribution in [0.15, 0.2) is 40.2 Å². The van der Waals surface area contributed by atoms with Crippen LogP contribution in [0.4, 0.5) is 10.5 Å². The second kappa shape index (κ2) is 8.01. The summed E-state index contributed by atoms with van der Waals surface area (Å²) >= 11 is 5.04. The quantitative estimate of drug-likeness (QED) is 0.782. The standard InChI is InChI=1S/C18H20BrN3O2S/c1-21(11-16-9-14(19)12-25-16)18(24)20-15-6-4-13(5-7-15)10-22-8-2-3-17(22)23/h4-7,9,12H,2-3,8,10-11H2,1H3,(H,20,24). The topological polar surface area (TPSA) is 52.7 Å². The largest absolute Gasteiger partial charge is 0.338 e. The first-order valence-corrected chi connectivity index (χ1v) is 9.80. The molecule has 0 spiro atoms. The molecule has 0 atom stereocenters. The van der Waals surface area contributed by atoms with Gasteiger partial charge in [-0.3, -0.25) is 4.79 Å². The second-order valence-electron chi connectivity index (χ2n) is 6.13. The van der Waals surface area contributed by atoms with E-state index < -0.39 is 0 Å². The highest BCUT2D eigenvalue weighted by Gasteiger charge is 2.19. The molecule has 3 amide bonds. The lowest BCUT2D eigenvalue weighted by molar-refractivity contribution is -0.128. The molecule has 1 aliphatic heterocycles. The average molecular weight is 422 g/mol. The summed E-state index contributed by atoms with van der Waals surface area (Å²) in [7, 11) is 1.77. The van der Waals surface area contributed by atoms with Crippen molar-refractivity contribution in [2.75, 3.05) is 18.9 Å². The molecule has 3 rings (SSSR count). The Balaban J connectivity index is 1.53. The highest BCUT2D eigenvalue weighted by Crippen LogP contribution is 2.21. The van der Waals surface area contributed by atoms with Gasteiger partial charge in [0.05, 0.1) is 6.54 Å². The van der Waals surface area contributed by atoms with Gasteiger partial charge in [-0.25, -0.2) is 4.79 Å². The number of halogens is 1. The van der Waals surface area contributed by atoms with Crippen LogP contribution in [0, 0.1) is 0 Å². The predicted molar refractivity (Wildman–Crippen MR) is 104 cm³/mol. The Hall–Kier alpha value is -1.86. The Labute approximate surface area is 159 Å². The fourth-order valence-electron chi connectivity index (χ4n) is 2.75. The Bertz CT molecular complexity index is 760. The number of carbonyl (C=O) groups excluding carboxylic acids is 2. The molecule has 1 saturated heterocycles. The van der Waals surface area contributed by atoms with Gasteiger partial charge in [-0.1, -0.05) is 12.1 Å². The minimum absolute atomic E-state index is 0.146. The van der Waals surface area contributed by atoms with E-state index >= 15 is 0 Å². The van der Waals surface area contributed by atoms with Gasteiger partial charge >= 0.3 is 6.03 Å². The fourth-order valence-corrected chi connectivity index (χ4v) is 4.25. The number of urea groups is 1. The molecule has 0 unspecified atom stereocenters. The Morgan fingerprint density at radius 2 is 2.12 bits per heavy atom. The minimum atomic E-state index is -0.146. The molecule has 1 aromatic carbocycles. The van der Waals surface area contributed by atoms with Crippen LogP contribution in [0.1, 0.15) is 23.3 Å². The molecule has 0 bridgehead atoms. The normalized spacial score (nSPS) is 14.0. The van der Waals surface area contributed by atoms with Gasteiger partial charge in [-0.2, -0.15) is 0 Å². The first-order valence-electron chi connectivity index (χ1n) is 8.13. The molecule has 5 nitrogen and oxygen atoms in total. The van der Waals surface area contributed by atoms with Gasteiger partial charge < -0.3 is 15.1 Å². The molecule has 1 aromatic heterocycles. The maximum absolute atomic E-state index is 12.3. The molecule has 7 heteroatoms. The number of nitrogens with one attached hydrogen (secondary N) is 1. The number of carbonyl (C=O) groups is 2. The number of amides is 3. The van der Waals surface area contributed by atoms with Crippen LogP contribution in [-0.4, -0.2) is 35.3 Å². The molecule has 25 heavy (non-hydrogen) atoms. The van der Waals surface area contributed by atoms with E-state index in [2.05, 4.69) is 21.2 Å². The van der Waals surface area contributed by atoms with E-state index in [0.717, 1.165) is 33.6 Å². The maximum atomic E-state index is 12.3. The SMILES string of the molecule is CN(Cc1cc(Br)cs1)C(=O)Nc1ccc(CN2CCCC2=O)cc1. The van der Waals surface area contributed by atoms with Crippen molar-refractivity contribution in [1.29, 1.82) is 0 Å². The van der Waals surface area contributed by atoms with Crippen molar-refractivity contribution in [3.05, 3.63) is 50.6 Å². The number of thiophene rings is 1. The monoisotopic (exact) mass is 421 g/mol. The predicted octanol–water partition coefficient (Wildman–Crippen LogP) is 4.30. The molecule has 1 N–H and O–H groups in total.